The van der Waals surface area contributed by atoms with Crippen molar-refractivity contribution in [3.8, 4) is 6.07 Å². The quantitative estimate of drug-likeness (QED) is 0.553. The number of benzene rings is 2. The number of nitriles is 1. The fourth-order valence-electron chi connectivity index (χ4n) is 2.90. The van der Waals surface area contributed by atoms with Crippen molar-refractivity contribution in [3.05, 3.63) is 42.0 Å². The molecule has 23 heavy (non-hydrogen) atoms. The van der Waals surface area contributed by atoms with E-state index in [1.54, 1.807) is 4.57 Å². The second-order valence-corrected chi connectivity index (χ2v) is 5.33. The molecule has 6 nitrogen and oxygen atoms in total. The summed E-state index contributed by atoms with van der Waals surface area (Å²) in [7, 11) is 0. The van der Waals surface area contributed by atoms with E-state index in [0.29, 0.717) is 22.2 Å². The average molecular weight is 303 g/mol. The Morgan fingerprint density at radius 1 is 1.13 bits per heavy atom. The van der Waals surface area contributed by atoms with Crippen molar-refractivity contribution in [2.24, 2.45) is 0 Å². The highest BCUT2D eigenvalue weighted by molar-refractivity contribution is 5.99. The summed E-state index contributed by atoms with van der Waals surface area (Å²) >= 11 is 0. The summed E-state index contributed by atoms with van der Waals surface area (Å²) in [5.41, 5.74) is 8.77. The number of nitrogen functional groups attached to an aromatic ring is 1. The van der Waals surface area contributed by atoms with Crippen LogP contribution in [-0.2, 0) is 6.54 Å². The van der Waals surface area contributed by atoms with E-state index >= 15 is 0 Å². The third-order valence-corrected chi connectivity index (χ3v) is 3.99. The van der Waals surface area contributed by atoms with E-state index in [1.165, 1.54) is 0 Å². The number of hydrogen-bond donors (Lipinski definition) is 2. The molecule has 0 saturated heterocycles. The predicted octanol–water partition coefficient (Wildman–Crippen LogP) is 2.18. The largest absolute Gasteiger partial charge is 0.395 e. The maximum atomic E-state index is 9.37. The van der Waals surface area contributed by atoms with Gasteiger partial charge in [-0.3, -0.25) is 0 Å². The number of nitrogens with two attached hydrogens (primary N) is 1. The van der Waals surface area contributed by atoms with Crippen molar-refractivity contribution in [1.82, 2.24) is 14.5 Å². The minimum atomic E-state index is -0.0870. The Balaban J connectivity index is 2.14. The first kappa shape index (κ1) is 13.5. The van der Waals surface area contributed by atoms with E-state index in [2.05, 4.69) is 16.0 Å². The first-order valence-electron chi connectivity index (χ1n) is 7.22. The van der Waals surface area contributed by atoms with Gasteiger partial charge in [0.15, 0.2) is 5.65 Å². The molecule has 2 aromatic heterocycles. The molecule has 0 amide bonds. The Hall–Kier alpha value is -3.17. The smallest absolute Gasteiger partial charge is 0.162 e. The summed E-state index contributed by atoms with van der Waals surface area (Å²) < 4.78 is 1.63. The molecule has 112 valence electrons. The number of aromatic nitrogens is 3. The van der Waals surface area contributed by atoms with Gasteiger partial charge in [0.1, 0.15) is 23.0 Å². The standard InChI is InChI=1S/C17H13N5O/c18-9-12-15-17(22(5-6-23)16(12)19)21-14-8-11-4-2-1-3-10(11)7-13(14)20-15/h1-4,7-8,23H,5-6,19H2. The molecule has 4 aromatic rings. The Morgan fingerprint density at radius 3 is 2.39 bits per heavy atom. The van der Waals surface area contributed by atoms with Crippen LogP contribution < -0.4 is 5.73 Å². The van der Waals surface area contributed by atoms with Gasteiger partial charge in [0, 0.05) is 6.54 Å². The third-order valence-electron chi connectivity index (χ3n) is 3.99. The molecule has 4 rings (SSSR count). The number of aliphatic hydroxyl groups is 1. The summed E-state index contributed by atoms with van der Waals surface area (Å²) in [5, 5.41) is 20.7. The summed E-state index contributed by atoms with van der Waals surface area (Å²) in [6.45, 7) is 0.189. The van der Waals surface area contributed by atoms with Crippen LogP contribution in [0.15, 0.2) is 36.4 Å². The predicted molar refractivity (Wildman–Crippen MR) is 88.8 cm³/mol. The summed E-state index contributed by atoms with van der Waals surface area (Å²) in [5.74, 6) is 0.288. The number of hydrogen-bond acceptors (Lipinski definition) is 5. The minimum Gasteiger partial charge on any atom is -0.395 e. The van der Waals surface area contributed by atoms with Crippen LogP contribution >= 0.6 is 0 Å². The van der Waals surface area contributed by atoms with E-state index in [4.69, 9.17) is 5.73 Å². The van der Waals surface area contributed by atoms with Crippen LogP contribution in [-0.4, -0.2) is 26.2 Å². The highest BCUT2D eigenvalue weighted by Gasteiger charge is 2.18. The summed E-state index contributed by atoms with van der Waals surface area (Å²) in [6, 6.07) is 14.0. The van der Waals surface area contributed by atoms with E-state index < -0.39 is 0 Å². The zero-order valence-electron chi connectivity index (χ0n) is 12.2. The minimum absolute atomic E-state index is 0.0870. The molecule has 2 aromatic carbocycles. The lowest BCUT2D eigenvalue weighted by molar-refractivity contribution is 0.278. The maximum Gasteiger partial charge on any atom is 0.162 e. The highest BCUT2D eigenvalue weighted by Crippen LogP contribution is 2.28. The van der Waals surface area contributed by atoms with Crippen LogP contribution in [0.2, 0.25) is 0 Å². The highest BCUT2D eigenvalue weighted by atomic mass is 16.3. The van der Waals surface area contributed by atoms with Gasteiger partial charge in [-0.25, -0.2) is 9.97 Å². The summed E-state index contributed by atoms with van der Waals surface area (Å²) in [6.07, 6.45) is 0. The molecule has 0 saturated carbocycles. The van der Waals surface area contributed by atoms with Crippen LogP contribution in [0.4, 0.5) is 5.82 Å². The first-order valence-corrected chi connectivity index (χ1v) is 7.22. The molecule has 2 heterocycles. The van der Waals surface area contributed by atoms with Crippen LogP contribution in [0.3, 0.4) is 0 Å². The molecule has 0 fully saturated rings. The molecule has 0 aliphatic carbocycles. The lowest BCUT2D eigenvalue weighted by Crippen LogP contribution is -2.07. The number of anilines is 1. The van der Waals surface area contributed by atoms with Crippen molar-refractivity contribution in [2.45, 2.75) is 6.54 Å². The Bertz CT molecular complexity index is 1110. The Morgan fingerprint density at radius 2 is 1.78 bits per heavy atom. The Kier molecular flexibility index (Phi) is 2.89. The molecule has 0 aliphatic rings. The van der Waals surface area contributed by atoms with Gasteiger partial charge < -0.3 is 15.4 Å². The van der Waals surface area contributed by atoms with E-state index in [-0.39, 0.29) is 19.0 Å². The molecule has 0 radical (unpaired) electrons. The molecule has 6 heteroatoms. The van der Waals surface area contributed by atoms with Gasteiger partial charge in [0.05, 0.1) is 17.6 Å². The van der Waals surface area contributed by atoms with E-state index in [0.717, 1.165) is 16.3 Å². The van der Waals surface area contributed by atoms with Crippen molar-refractivity contribution in [1.29, 1.82) is 5.26 Å². The van der Waals surface area contributed by atoms with Gasteiger partial charge >= 0.3 is 0 Å². The molecule has 0 bridgehead atoms. The van der Waals surface area contributed by atoms with Gasteiger partial charge in [-0.05, 0) is 22.9 Å². The lowest BCUT2D eigenvalue weighted by Gasteiger charge is -2.05. The average Bonchev–Trinajstić information content (AvgIpc) is 2.82. The zero-order chi connectivity index (χ0) is 16.0. The number of nitrogens with zero attached hydrogens (tertiary/aromatic N) is 4. The monoisotopic (exact) mass is 303 g/mol. The normalized spacial score (nSPS) is 11.3. The Labute approximate surface area is 131 Å². The van der Waals surface area contributed by atoms with Gasteiger partial charge in [-0.2, -0.15) is 5.26 Å². The number of rotatable bonds is 2. The first-order chi connectivity index (χ1) is 11.2. The topological polar surface area (TPSA) is 101 Å². The van der Waals surface area contributed by atoms with E-state index in [9.17, 15) is 10.4 Å². The van der Waals surface area contributed by atoms with Crippen molar-refractivity contribution >= 4 is 38.8 Å². The summed E-state index contributed by atoms with van der Waals surface area (Å²) in [4.78, 5) is 9.23. The molecule has 0 aliphatic heterocycles. The van der Waals surface area contributed by atoms with E-state index in [1.807, 2.05) is 36.4 Å². The third kappa shape index (κ3) is 1.91. The molecule has 0 atom stereocenters. The molecular formula is C17H13N5O. The van der Waals surface area contributed by atoms with Gasteiger partial charge in [0.25, 0.3) is 0 Å². The van der Waals surface area contributed by atoms with Gasteiger partial charge in [-0.15, -0.1) is 0 Å². The van der Waals surface area contributed by atoms with Gasteiger partial charge in [0.2, 0.25) is 0 Å². The van der Waals surface area contributed by atoms with Gasteiger partial charge in [-0.1, -0.05) is 24.3 Å². The van der Waals surface area contributed by atoms with Crippen molar-refractivity contribution in [3.63, 3.8) is 0 Å². The number of fused-ring (bicyclic) bond motifs is 3. The zero-order valence-corrected chi connectivity index (χ0v) is 12.2. The van der Waals surface area contributed by atoms with Crippen LogP contribution in [0, 0.1) is 11.3 Å². The second-order valence-electron chi connectivity index (χ2n) is 5.33. The molecule has 0 unspecified atom stereocenters. The van der Waals surface area contributed by atoms with Crippen LogP contribution in [0.5, 0.6) is 0 Å². The molecule has 0 spiro atoms. The van der Waals surface area contributed by atoms with Crippen LogP contribution in [0.25, 0.3) is 33.0 Å². The fraction of sp³-hybridized carbons (Fsp3) is 0.118. The number of aliphatic hydroxyl groups excluding tert-OH is 1. The lowest BCUT2D eigenvalue weighted by atomic mass is 10.1. The molecule has 3 N–H and O–H groups in total. The van der Waals surface area contributed by atoms with Crippen molar-refractivity contribution in [2.75, 3.05) is 12.3 Å². The maximum absolute atomic E-state index is 9.37. The van der Waals surface area contributed by atoms with Crippen molar-refractivity contribution < 1.29 is 5.11 Å². The van der Waals surface area contributed by atoms with Crippen LogP contribution in [0.1, 0.15) is 5.56 Å². The fourth-order valence-corrected chi connectivity index (χ4v) is 2.90. The molecular weight excluding hydrogens is 290 g/mol. The second kappa shape index (κ2) is 4.93. The SMILES string of the molecule is N#Cc1c(N)n(CCO)c2nc3cc4ccccc4cc3nc12.